The lowest BCUT2D eigenvalue weighted by atomic mass is 10.1. The molecule has 150 valence electrons. The van der Waals surface area contributed by atoms with Crippen molar-refractivity contribution in [3.8, 4) is 0 Å². The average molecular weight is 384 g/mol. The Bertz CT molecular complexity index is 770. The highest BCUT2D eigenvalue weighted by atomic mass is 19.1. The van der Waals surface area contributed by atoms with Crippen molar-refractivity contribution in [3.05, 3.63) is 71.0 Å². The molecule has 1 atom stereocenters. The fourth-order valence-corrected chi connectivity index (χ4v) is 3.67. The van der Waals surface area contributed by atoms with Gasteiger partial charge in [-0.25, -0.2) is 4.39 Å². The summed E-state index contributed by atoms with van der Waals surface area (Å²) >= 11 is 0. The van der Waals surface area contributed by atoms with Gasteiger partial charge in [0.1, 0.15) is 5.82 Å². The van der Waals surface area contributed by atoms with Crippen LogP contribution >= 0.6 is 0 Å². The summed E-state index contributed by atoms with van der Waals surface area (Å²) in [6, 6.07) is 15.0. The Morgan fingerprint density at radius 1 is 1.07 bits per heavy atom. The van der Waals surface area contributed by atoms with Crippen molar-refractivity contribution >= 4 is 5.91 Å². The molecule has 0 spiro atoms. The van der Waals surface area contributed by atoms with Crippen LogP contribution in [0.5, 0.6) is 0 Å². The number of hydrogen-bond acceptors (Lipinski definition) is 3. The SMILES string of the molecule is Cc1cccc(CN2CCN([C@@H](C)C(=O)NCCc3ccc(F)cc3)CC2)c1. The second-order valence-corrected chi connectivity index (χ2v) is 7.64. The van der Waals surface area contributed by atoms with Crippen LogP contribution < -0.4 is 5.32 Å². The van der Waals surface area contributed by atoms with Crippen molar-refractivity contribution < 1.29 is 9.18 Å². The van der Waals surface area contributed by atoms with Crippen LogP contribution in [-0.4, -0.2) is 54.5 Å². The van der Waals surface area contributed by atoms with Crippen LogP contribution in [0, 0.1) is 12.7 Å². The summed E-state index contributed by atoms with van der Waals surface area (Å²) in [5, 5.41) is 3.01. The van der Waals surface area contributed by atoms with E-state index >= 15 is 0 Å². The molecule has 5 heteroatoms. The van der Waals surface area contributed by atoms with Gasteiger partial charge in [0.2, 0.25) is 5.91 Å². The molecule has 28 heavy (non-hydrogen) atoms. The topological polar surface area (TPSA) is 35.6 Å². The first kappa shape index (κ1) is 20.5. The molecule has 2 aromatic carbocycles. The maximum Gasteiger partial charge on any atom is 0.237 e. The number of nitrogens with one attached hydrogen (secondary N) is 1. The van der Waals surface area contributed by atoms with E-state index in [4.69, 9.17) is 0 Å². The zero-order valence-electron chi connectivity index (χ0n) is 16.8. The van der Waals surface area contributed by atoms with Crippen LogP contribution in [0.4, 0.5) is 4.39 Å². The van der Waals surface area contributed by atoms with Crippen LogP contribution in [0.1, 0.15) is 23.6 Å². The molecule has 0 radical (unpaired) electrons. The second-order valence-electron chi connectivity index (χ2n) is 7.64. The number of rotatable bonds is 7. The minimum absolute atomic E-state index is 0.0641. The third kappa shape index (κ3) is 5.88. The van der Waals surface area contributed by atoms with Crippen molar-refractivity contribution in [2.45, 2.75) is 32.9 Å². The Balaban J connectivity index is 1.39. The predicted molar refractivity (Wildman–Crippen MR) is 111 cm³/mol. The van der Waals surface area contributed by atoms with Gasteiger partial charge in [0.25, 0.3) is 0 Å². The predicted octanol–water partition coefficient (Wildman–Crippen LogP) is 3.00. The van der Waals surface area contributed by atoms with Gasteiger partial charge in [-0.1, -0.05) is 42.0 Å². The zero-order chi connectivity index (χ0) is 19.9. The highest BCUT2D eigenvalue weighted by Crippen LogP contribution is 2.12. The molecular weight excluding hydrogens is 353 g/mol. The molecular formula is C23H30FN3O. The molecule has 1 amide bonds. The third-order valence-electron chi connectivity index (χ3n) is 5.45. The van der Waals surface area contributed by atoms with Crippen LogP contribution in [0.15, 0.2) is 48.5 Å². The smallest absolute Gasteiger partial charge is 0.237 e. The van der Waals surface area contributed by atoms with E-state index in [1.165, 1.54) is 23.3 Å². The van der Waals surface area contributed by atoms with Gasteiger partial charge in [-0.05, 0) is 43.5 Å². The number of hydrogen-bond donors (Lipinski definition) is 1. The lowest BCUT2D eigenvalue weighted by Crippen LogP contribution is -2.53. The van der Waals surface area contributed by atoms with Gasteiger partial charge in [0.05, 0.1) is 6.04 Å². The average Bonchev–Trinajstić information content (AvgIpc) is 2.69. The van der Waals surface area contributed by atoms with E-state index in [1.54, 1.807) is 12.1 Å². The molecule has 2 aromatic rings. The minimum Gasteiger partial charge on any atom is -0.354 e. The summed E-state index contributed by atoms with van der Waals surface area (Å²) < 4.78 is 12.9. The van der Waals surface area contributed by atoms with Gasteiger partial charge in [-0.3, -0.25) is 14.6 Å². The molecule has 1 saturated heterocycles. The van der Waals surface area contributed by atoms with E-state index in [0.717, 1.165) is 38.3 Å². The van der Waals surface area contributed by atoms with Gasteiger partial charge in [0, 0.05) is 39.3 Å². The van der Waals surface area contributed by atoms with Gasteiger partial charge >= 0.3 is 0 Å². The van der Waals surface area contributed by atoms with E-state index < -0.39 is 0 Å². The molecule has 4 nitrogen and oxygen atoms in total. The number of carbonyl (C=O) groups is 1. The van der Waals surface area contributed by atoms with Gasteiger partial charge in [0.15, 0.2) is 0 Å². The first-order valence-electron chi connectivity index (χ1n) is 10.1. The van der Waals surface area contributed by atoms with Crippen LogP contribution in [0.25, 0.3) is 0 Å². The number of carbonyl (C=O) groups excluding carboxylic acids is 1. The quantitative estimate of drug-likeness (QED) is 0.798. The molecule has 1 heterocycles. The maximum atomic E-state index is 12.9. The normalized spacial score (nSPS) is 16.7. The van der Waals surface area contributed by atoms with Crippen molar-refractivity contribution in [2.24, 2.45) is 0 Å². The van der Waals surface area contributed by atoms with E-state index in [1.807, 2.05) is 6.92 Å². The van der Waals surface area contributed by atoms with E-state index in [9.17, 15) is 9.18 Å². The Labute approximate surface area is 167 Å². The summed E-state index contributed by atoms with van der Waals surface area (Å²) in [6.45, 7) is 9.39. The fourth-order valence-electron chi connectivity index (χ4n) is 3.67. The molecule has 0 unspecified atom stereocenters. The molecule has 0 aromatic heterocycles. The third-order valence-corrected chi connectivity index (χ3v) is 5.45. The van der Waals surface area contributed by atoms with Crippen LogP contribution in [0.3, 0.4) is 0 Å². The molecule has 1 N–H and O–H groups in total. The van der Waals surface area contributed by atoms with E-state index in [0.29, 0.717) is 13.0 Å². The maximum absolute atomic E-state index is 12.9. The number of piperazine rings is 1. The van der Waals surface area contributed by atoms with Crippen LogP contribution in [0.2, 0.25) is 0 Å². The highest BCUT2D eigenvalue weighted by molar-refractivity contribution is 5.81. The molecule has 0 bridgehead atoms. The Morgan fingerprint density at radius 3 is 2.46 bits per heavy atom. The number of nitrogens with zero attached hydrogens (tertiary/aromatic N) is 2. The molecule has 1 aliphatic heterocycles. The summed E-state index contributed by atoms with van der Waals surface area (Å²) in [6.07, 6.45) is 0.711. The summed E-state index contributed by atoms with van der Waals surface area (Å²) in [5.41, 5.74) is 3.67. The van der Waals surface area contributed by atoms with Gasteiger partial charge in [-0.2, -0.15) is 0 Å². The van der Waals surface area contributed by atoms with Gasteiger partial charge < -0.3 is 5.32 Å². The minimum atomic E-state index is -0.233. The summed E-state index contributed by atoms with van der Waals surface area (Å²) in [4.78, 5) is 17.2. The van der Waals surface area contributed by atoms with Crippen molar-refractivity contribution in [1.29, 1.82) is 0 Å². The fraction of sp³-hybridized carbons (Fsp3) is 0.435. The van der Waals surface area contributed by atoms with Crippen LogP contribution in [-0.2, 0) is 17.8 Å². The molecule has 0 saturated carbocycles. The standard InChI is InChI=1S/C23H30FN3O/c1-18-4-3-5-21(16-18)17-26-12-14-27(15-13-26)19(2)23(28)25-11-10-20-6-8-22(24)9-7-20/h3-9,16,19H,10-15,17H2,1-2H3,(H,25,28)/t19-/m0/s1. The summed E-state index contributed by atoms with van der Waals surface area (Å²) in [7, 11) is 0. The number of benzene rings is 2. The lowest BCUT2D eigenvalue weighted by molar-refractivity contribution is -0.126. The second kappa shape index (κ2) is 9.80. The van der Waals surface area contributed by atoms with Gasteiger partial charge in [-0.15, -0.1) is 0 Å². The first-order chi connectivity index (χ1) is 13.5. The van der Waals surface area contributed by atoms with Crippen molar-refractivity contribution in [1.82, 2.24) is 15.1 Å². The zero-order valence-corrected chi connectivity index (χ0v) is 16.8. The molecule has 1 aliphatic rings. The Hall–Kier alpha value is -2.24. The number of halogens is 1. The number of aryl methyl sites for hydroxylation is 1. The van der Waals surface area contributed by atoms with Crippen molar-refractivity contribution in [2.75, 3.05) is 32.7 Å². The molecule has 1 fully saturated rings. The van der Waals surface area contributed by atoms with Crippen molar-refractivity contribution in [3.63, 3.8) is 0 Å². The molecule has 3 rings (SSSR count). The Kier molecular flexibility index (Phi) is 7.18. The first-order valence-corrected chi connectivity index (χ1v) is 10.1. The largest absolute Gasteiger partial charge is 0.354 e. The lowest BCUT2D eigenvalue weighted by Gasteiger charge is -2.37. The Morgan fingerprint density at radius 2 is 1.79 bits per heavy atom. The van der Waals surface area contributed by atoms with E-state index in [2.05, 4.69) is 46.3 Å². The number of amides is 1. The molecule has 0 aliphatic carbocycles. The monoisotopic (exact) mass is 383 g/mol. The van der Waals surface area contributed by atoms with E-state index in [-0.39, 0.29) is 17.8 Å². The summed E-state index contributed by atoms with van der Waals surface area (Å²) in [5.74, 6) is -0.169. The highest BCUT2D eigenvalue weighted by Gasteiger charge is 2.25.